The van der Waals surface area contributed by atoms with Crippen LogP contribution in [0, 0.1) is 5.41 Å². The average molecular weight is 281 g/mol. The first kappa shape index (κ1) is 14.8. The molecular formula is C16H25ClN2. The number of likely N-dealkylation sites (tertiary alicyclic amines) is 1. The van der Waals surface area contributed by atoms with E-state index in [0.29, 0.717) is 5.41 Å². The molecule has 2 aliphatic rings. The highest BCUT2D eigenvalue weighted by molar-refractivity contribution is 5.85. The minimum absolute atomic E-state index is 0. The molecule has 2 saturated heterocycles. The van der Waals surface area contributed by atoms with E-state index in [1.54, 1.807) is 0 Å². The zero-order valence-electron chi connectivity index (χ0n) is 11.6. The number of halogens is 1. The van der Waals surface area contributed by atoms with Crippen molar-refractivity contribution in [2.75, 3.05) is 26.2 Å². The Morgan fingerprint density at radius 2 is 1.79 bits per heavy atom. The molecule has 0 bridgehead atoms. The molecule has 1 N–H and O–H groups in total. The van der Waals surface area contributed by atoms with Crippen LogP contribution >= 0.6 is 12.4 Å². The summed E-state index contributed by atoms with van der Waals surface area (Å²) in [5.74, 6) is 0. The number of benzene rings is 1. The first-order valence-electron chi connectivity index (χ1n) is 7.33. The van der Waals surface area contributed by atoms with E-state index >= 15 is 0 Å². The third-order valence-corrected chi connectivity index (χ3v) is 4.73. The summed E-state index contributed by atoms with van der Waals surface area (Å²) < 4.78 is 0. The van der Waals surface area contributed by atoms with Gasteiger partial charge in [0.25, 0.3) is 0 Å². The summed E-state index contributed by atoms with van der Waals surface area (Å²) in [5, 5.41) is 3.59. The SMILES string of the molecule is Cl.c1ccc(CN2CCC3(CCCNC3)CC2)cc1. The van der Waals surface area contributed by atoms with Crippen LogP contribution in [0.4, 0.5) is 0 Å². The Kier molecular flexibility index (Phi) is 5.26. The van der Waals surface area contributed by atoms with Gasteiger partial charge in [0.2, 0.25) is 0 Å². The smallest absolute Gasteiger partial charge is 0.0233 e. The van der Waals surface area contributed by atoms with Crippen molar-refractivity contribution < 1.29 is 0 Å². The molecule has 3 rings (SSSR count). The Balaban J connectivity index is 0.00000133. The van der Waals surface area contributed by atoms with Gasteiger partial charge in [-0.3, -0.25) is 4.90 Å². The monoisotopic (exact) mass is 280 g/mol. The summed E-state index contributed by atoms with van der Waals surface area (Å²) in [4.78, 5) is 2.62. The van der Waals surface area contributed by atoms with Gasteiger partial charge in [-0.25, -0.2) is 0 Å². The zero-order chi connectivity index (χ0) is 12.3. The molecule has 106 valence electrons. The quantitative estimate of drug-likeness (QED) is 0.896. The van der Waals surface area contributed by atoms with Crippen LogP contribution in [0.1, 0.15) is 31.2 Å². The lowest BCUT2D eigenvalue weighted by atomic mass is 9.73. The number of nitrogens with one attached hydrogen (secondary N) is 1. The second-order valence-electron chi connectivity index (χ2n) is 6.04. The highest BCUT2D eigenvalue weighted by atomic mass is 35.5. The van der Waals surface area contributed by atoms with Crippen molar-refractivity contribution in [3.63, 3.8) is 0 Å². The number of hydrogen-bond donors (Lipinski definition) is 1. The Labute approximate surface area is 123 Å². The Morgan fingerprint density at radius 3 is 2.42 bits per heavy atom. The van der Waals surface area contributed by atoms with Crippen LogP contribution in [0.25, 0.3) is 0 Å². The highest BCUT2D eigenvalue weighted by Gasteiger charge is 2.35. The third-order valence-electron chi connectivity index (χ3n) is 4.73. The van der Waals surface area contributed by atoms with Crippen LogP contribution in [0.15, 0.2) is 30.3 Å². The lowest BCUT2D eigenvalue weighted by molar-refractivity contribution is 0.0750. The molecule has 0 aromatic heterocycles. The molecule has 1 aromatic carbocycles. The standard InChI is InChI=1S/C16H24N2.ClH/c1-2-5-15(6-3-1)13-18-11-8-16(9-12-18)7-4-10-17-14-16;/h1-3,5-6,17H,4,7-14H2;1H. The van der Waals surface area contributed by atoms with Gasteiger partial charge in [0.15, 0.2) is 0 Å². The van der Waals surface area contributed by atoms with E-state index in [-0.39, 0.29) is 12.4 Å². The number of rotatable bonds is 2. The molecule has 0 aliphatic carbocycles. The first-order chi connectivity index (χ1) is 8.86. The largest absolute Gasteiger partial charge is 0.316 e. The van der Waals surface area contributed by atoms with Gasteiger partial charge in [-0.1, -0.05) is 30.3 Å². The molecule has 1 aromatic rings. The summed E-state index contributed by atoms with van der Waals surface area (Å²) in [5.41, 5.74) is 2.08. The lowest BCUT2D eigenvalue weighted by Gasteiger charge is -2.44. The van der Waals surface area contributed by atoms with Crippen molar-refractivity contribution in [3.05, 3.63) is 35.9 Å². The van der Waals surface area contributed by atoms with Crippen molar-refractivity contribution in [1.82, 2.24) is 10.2 Å². The molecule has 0 radical (unpaired) electrons. The maximum atomic E-state index is 3.59. The third kappa shape index (κ3) is 3.71. The summed E-state index contributed by atoms with van der Waals surface area (Å²) in [6, 6.07) is 10.9. The van der Waals surface area contributed by atoms with Gasteiger partial charge >= 0.3 is 0 Å². The minimum Gasteiger partial charge on any atom is -0.316 e. The molecular weight excluding hydrogens is 256 g/mol. The van der Waals surface area contributed by atoms with Gasteiger partial charge in [-0.05, 0) is 56.3 Å². The zero-order valence-corrected chi connectivity index (χ0v) is 12.4. The van der Waals surface area contributed by atoms with Gasteiger partial charge < -0.3 is 5.32 Å². The predicted molar refractivity (Wildman–Crippen MR) is 82.7 cm³/mol. The van der Waals surface area contributed by atoms with Crippen molar-refractivity contribution >= 4 is 12.4 Å². The van der Waals surface area contributed by atoms with Crippen molar-refractivity contribution in [2.45, 2.75) is 32.2 Å². The fourth-order valence-electron chi connectivity index (χ4n) is 3.48. The van der Waals surface area contributed by atoms with E-state index in [1.807, 2.05) is 0 Å². The van der Waals surface area contributed by atoms with Crippen LogP contribution in [-0.2, 0) is 6.54 Å². The van der Waals surface area contributed by atoms with Gasteiger partial charge in [0.1, 0.15) is 0 Å². The molecule has 2 nitrogen and oxygen atoms in total. The van der Waals surface area contributed by atoms with E-state index in [0.717, 1.165) is 6.54 Å². The number of hydrogen-bond acceptors (Lipinski definition) is 2. The topological polar surface area (TPSA) is 15.3 Å². The highest BCUT2D eigenvalue weighted by Crippen LogP contribution is 2.37. The Morgan fingerprint density at radius 1 is 1.05 bits per heavy atom. The molecule has 19 heavy (non-hydrogen) atoms. The van der Waals surface area contributed by atoms with Gasteiger partial charge in [-0.15, -0.1) is 12.4 Å². The van der Waals surface area contributed by atoms with E-state index in [9.17, 15) is 0 Å². The summed E-state index contributed by atoms with van der Waals surface area (Å²) >= 11 is 0. The number of piperidine rings is 2. The molecule has 0 amide bonds. The van der Waals surface area contributed by atoms with Crippen LogP contribution < -0.4 is 5.32 Å². The lowest BCUT2D eigenvalue weighted by Crippen LogP contribution is -2.47. The summed E-state index contributed by atoms with van der Waals surface area (Å²) in [7, 11) is 0. The van der Waals surface area contributed by atoms with E-state index in [4.69, 9.17) is 0 Å². The molecule has 3 heteroatoms. The normalized spacial score (nSPS) is 22.9. The average Bonchev–Trinajstić information content (AvgIpc) is 2.44. The maximum absolute atomic E-state index is 3.59. The minimum atomic E-state index is 0. The summed E-state index contributed by atoms with van der Waals surface area (Å²) in [6.07, 6.45) is 5.58. The van der Waals surface area contributed by atoms with Crippen LogP contribution in [0.2, 0.25) is 0 Å². The van der Waals surface area contributed by atoms with Crippen LogP contribution in [-0.4, -0.2) is 31.1 Å². The molecule has 1 spiro atoms. The molecule has 0 saturated carbocycles. The van der Waals surface area contributed by atoms with E-state index in [1.165, 1.54) is 57.4 Å². The van der Waals surface area contributed by atoms with Crippen molar-refractivity contribution in [1.29, 1.82) is 0 Å². The maximum Gasteiger partial charge on any atom is 0.0233 e. The Bertz CT molecular complexity index is 364. The van der Waals surface area contributed by atoms with Crippen LogP contribution in [0.3, 0.4) is 0 Å². The molecule has 0 unspecified atom stereocenters. The molecule has 2 heterocycles. The second kappa shape index (κ2) is 6.74. The van der Waals surface area contributed by atoms with Gasteiger partial charge in [0.05, 0.1) is 0 Å². The van der Waals surface area contributed by atoms with E-state index < -0.39 is 0 Å². The first-order valence-corrected chi connectivity index (χ1v) is 7.33. The van der Waals surface area contributed by atoms with Crippen LogP contribution in [0.5, 0.6) is 0 Å². The number of nitrogens with zero attached hydrogens (tertiary/aromatic N) is 1. The van der Waals surface area contributed by atoms with Gasteiger partial charge in [-0.2, -0.15) is 0 Å². The Hall–Kier alpha value is -0.570. The fraction of sp³-hybridized carbons (Fsp3) is 0.625. The molecule has 2 aliphatic heterocycles. The molecule has 0 atom stereocenters. The second-order valence-corrected chi connectivity index (χ2v) is 6.04. The van der Waals surface area contributed by atoms with Crippen molar-refractivity contribution in [3.8, 4) is 0 Å². The van der Waals surface area contributed by atoms with E-state index in [2.05, 4.69) is 40.5 Å². The predicted octanol–water partition coefficient (Wildman–Crippen LogP) is 3.07. The summed E-state index contributed by atoms with van der Waals surface area (Å²) in [6.45, 7) is 6.17. The molecule has 2 fully saturated rings. The van der Waals surface area contributed by atoms with Crippen molar-refractivity contribution in [2.24, 2.45) is 5.41 Å². The van der Waals surface area contributed by atoms with Gasteiger partial charge in [0, 0.05) is 13.1 Å². The fourth-order valence-corrected chi connectivity index (χ4v) is 3.48.